The Labute approximate surface area is 169 Å². The second-order valence-corrected chi connectivity index (χ2v) is 6.88. The van der Waals surface area contributed by atoms with Gasteiger partial charge in [-0.1, -0.05) is 18.2 Å². The summed E-state index contributed by atoms with van der Waals surface area (Å²) in [4.78, 5) is 26.5. The number of amides is 2. The SMILES string of the molecule is O=C(CCCOc1ccccc1)Nc1ccc2c(c1)CCN2C(=O)c1ccoc1. The highest BCUT2D eigenvalue weighted by Gasteiger charge is 2.26. The van der Waals surface area contributed by atoms with Crippen molar-refractivity contribution in [3.05, 3.63) is 78.3 Å². The summed E-state index contributed by atoms with van der Waals surface area (Å²) in [5.41, 5.74) is 3.21. The van der Waals surface area contributed by atoms with Gasteiger partial charge < -0.3 is 19.4 Å². The van der Waals surface area contributed by atoms with Crippen molar-refractivity contribution in [2.24, 2.45) is 0 Å². The van der Waals surface area contributed by atoms with E-state index in [2.05, 4.69) is 5.32 Å². The van der Waals surface area contributed by atoms with Gasteiger partial charge in [-0.3, -0.25) is 9.59 Å². The predicted molar refractivity (Wildman–Crippen MR) is 110 cm³/mol. The fourth-order valence-corrected chi connectivity index (χ4v) is 3.40. The lowest BCUT2D eigenvalue weighted by Crippen LogP contribution is -2.28. The first-order valence-electron chi connectivity index (χ1n) is 9.65. The van der Waals surface area contributed by atoms with Crippen molar-refractivity contribution in [2.45, 2.75) is 19.3 Å². The molecule has 0 radical (unpaired) electrons. The maximum atomic E-state index is 12.6. The zero-order valence-corrected chi connectivity index (χ0v) is 16.0. The molecule has 1 aromatic heterocycles. The number of nitrogens with zero attached hydrogens (tertiary/aromatic N) is 1. The Bertz CT molecular complexity index is 983. The molecule has 148 valence electrons. The van der Waals surface area contributed by atoms with Crippen LogP contribution < -0.4 is 15.0 Å². The number of benzene rings is 2. The molecule has 0 fully saturated rings. The molecule has 1 N–H and O–H groups in total. The van der Waals surface area contributed by atoms with Crippen molar-refractivity contribution in [3.63, 3.8) is 0 Å². The number of nitrogens with one attached hydrogen (secondary N) is 1. The summed E-state index contributed by atoms with van der Waals surface area (Å²) in [6.45, 7) is 1.11. The molecule has 0 spiro atoms. The van der Waals surface area contributed by atoms with E-state index >= 15 is 0 Å². The zero-order chi connectivity index (χ0) is 20.1. The highest BCUT2D eigenvalue weighted by Crippen LogP contribution is 2.31. The fraction of sp³-hybridized carbons (Fsp3) is 0.217. The second kappa shape index (κ2) is 8.65. The topological polar surface area (TPSA) is 71.8 Å². The van der Waals surface area contributed by atoms with Gasteiger partial charge in [0.25, 0.3) is 5.91 Å². The van der Waals surface area contributed by atoms with E-state index in [0.29, 0.717) is 31.6 Å². The Morgan fingerprint density at radius 1 is 1.10 bits per heavy atom. The number of carbonyl (C=O) groups is 2. The van der Waals surface area contributed by atoms with Crippen molar-refractivity contribution in [2.75, 3.05) is 23.4 Å². The van der Waals surface area contributed by atoms with Gasteiger partial charge in [0.05, 0.1) is 18.4 Å². The van der Waals surface area contributed by atoms with Crippen LogP contribution in [-0.2, 0) is 11.2 Å². The van der Waals surface area contributed by atoms with Gasteiger partial charge in [-0.2, -0.15) is 0 Å². The van der Waals surface area contributed by atoms with Gasteiger partial charge in [0, 0.05) is 24.3 Å². The van der Waals surface area contributed by atoms with Crippen molar-refractivity contribution in [1.29, 1.82) is 0 Å². The highest BCUT2D eigenvalue weighted by molar-refractivity contribution is 6.07. The van der Waals surface area contributed by atoms with E-state index < -0.39 is 0 Å². The fourth-order valence-electron chi connectivity index (χ4n) is 3.40. The Morgan fingerprint density at radius 2 is 1.97 bits per heavy atom. The first kappa shape index (κ1) is 18.8. The van der Waals surface area contributed by atoms with Crippen LogP contribution >= 0.6 is 0 Å². The number of hydrogen-bond donors (Lipinski definition) is 1. The van der Waals surface area contributed by atoms with E-state index in [1.165, 1.54) is 12.5 Å². The first-order chi connectivity index (χ1) is 14.2. The van der Waals surface area contributed by atoms with Gasteiger partial charge in [-0.15, -0.1) is 0 Å². The third kappa shape index (κ3) is 4.48. The van der Waals surface area contributed by atoms with Crippen molar-refractivity contribution in [3.8, 4) is 5.75 Å². The molecular weight excluding hydrogens is 368 g/mol. The number of carbonyl (C=O) groups excluding carboxylic acids is 2. The molecule has 0 bridgehead atoms. The minimum Gasteiger partial charge on any atom is -0.494 e. The molecule has 0 saturated carbocycles. The summed E-state index contributed by atoms with van der Waals surface area (Å²) in [6, 6.07) is 16.9. The summed E-state index contributed by atoms with van der Waals surface area (Å²) < 4.78 is 10.6. The lowest BCUT2D eigenvalue weighted by molar-refractivity contribution is -0.116. The smallest absolute Gasteiger partial charge is 0.261 e. The molecule has 1 aliphatic heterocycles. The largest absolute Gasteiger partial charge is 0.494 e. The first-order valence-corrected chi connectivity index (χ1v) is 9.65. The van der Waals surface area contributed by atoms with Crippen LogP contribution in [0.1, 0.15) is 28.8 Å². The summed E-state index contributed by atoms with van der Waals surface area (Å²) in [5, 5.41) is 2.93. The van der Waals surface area contributed by atoms with Crippen LogP contribution in [0.4, 0.5) is 11.4 Å². The van der Waals surface area contributed by atoms with Crippen LogP contribution in [0.5, 0.6) is 5.75 Å². The van der Waals surface area contributed by atoms with Crippen molar-refractivity contribution < 1.29 is 18.7 Å². The Balaban J connectivity index is 1.29. The summed E-state index contributed by atoms with van der Waals surface area (Å²) in [6.07, 6.45) is 4.73. The molecule has 3 aromatic rings. The summed E-state index contributed by atoms with van der Waals surface area (Å²) in [7, 11) is 0. The average Bonchev–Trinajstić information content (AvgIpc) is 3.41. The van der Waals surface area contributed by atoms with Crippen LogP contribution in [-0.4, -0.2) is 25.0 Å². The second-order valence-electron chi connectivity index (χ2n) is 6.88. The number of para-hydroxylation sites is 1. The standard InChI is InChI=1S/C23H22N2O4/c26-22(7-4-13-29-20-5-2-1-3-6-20)24-19-8-9-21-17(15-19)10-12-25(21)23(27)18-11-14-28-16-18/h1-3,5-6,8-9,11,14-16H,4,7,10,12-13H2,(H,24,26). The van der Waals surface area contributed by atoms with Gasteiger partial charge in [-0.25, -0.2) is 0 Å². The van der Waals surface area contributed by atoms with Gasteiger partial charge in [0.15, 0.2) is 0 Å². The number of ether oxygens (including phenoxy) is 1. The maximum Gasteiger partial charge on any atom is 0.261 e. The maximum absolute atomic E-state index is 12.6. The molecule has 0 unspecified atom stereocenters. The van der Waals surface area contributed by atoms with E-state index in [1.807, 2.05) is 48.5 Å². The van der Waals surface area contributed by atoms with E-state index in [0.717, 1.165) is 29.1 Å². The summed E-state index contributed by atoms with van der Waals surface area (Å²) in [5.74, 6) is 0.680. The number of rotatable bonds is 7. The molecule has 0 aliphatic carbocycles. The number of hydrogen-bond acceptors (Lipinski definition) is 4. The number of furan rings is 1. The molecule has 1 aliphatic rings. The van der Waals surface area contributed by atoms with E-state index in [1.54, 1.807) is 11.0 Å². The van der Waals surface area contributed by atoms with Crippen molar-refractivity contribution in [1.82, 2.24) is 0 Å². The zero-order valence-electron chi connectivity index (χ0n) is 16.0. The Kier molecular flexibility index (Phi) is 5.61. The Hall–Kier alpha value is -3.54. The third-order valence-corrected chi connectivity index (χ3v) is 4.83. The quantitative estimate of drug-likeness (QED) is 0.611. The van der Waals surface area contributed by atoms with Crippen LogP contribution in [0.3, 0.4) is 0 Å². The molecule has 2 amide bonds. The van der Waals surface area contributed by atoms with Gasteiger partial charge in [-0.05, 0) is 54.8 Å². The van der Waals surface area contributed by atoms with Crippen LogP contribution in [0.25, 0.3) is 0 Å². The highest BCUT2D eigenvalue weighted by atomic mass is 16.5. The lowest BCUT2D eigenvalue weighted by atomic mass is 10.1. The van der Waals surface area contributed by atoms with Crippen molar-refractivity contribution >= 4 is 23.2 Å². The number of fused-ring (bicyclic) bond motifs is 1. The van der Waals surface area contributed by atoms with Crippen LogP contribution in [0.2, 0.25) is 0 Å². The van der Waals surface area contributed by atoms with Gasteiger partial charge >= 0.3 is 0 Å². The Morgan fingerprint density at radius 3 is 2.76 bits per heavy atom. The monoisotopic (exact) mass is 390 g/mol. The minimum absolute atomic E-state index is 0.0501. The molecule has 4 rings (SSSR count). The van der Waals surface area contributed by atoms with Gasteiger partial charge in [0.2, 0.25) is 5.91 Å². The average molecular weight is 390 g/mol. The van der Waals surface area contributed by atoms with Crippen LogP contribution in [0.15, 0.2) is 71.5 Å². The molecule has 0 saturated heterocycles. The predicted octanol–water partition coefficient (Wildman–Crippen LogP) is 4.28. The molecular formula is C23H22N2O4. The van der Waals surface area contributed by atoms with E-state index in [9.17, 15) is 9.59 Å². The minimum atomic E-state index is -0.0762. The lowest BCUT2D eigenvalue weighted by Gasteiger charge is -2.16. The molecule has 0 atom stereocenters. The number of anilines is 2. The molecule has 6 heteroatoms. The third-order valence-electron chi connectivity index (χ3n) is 4.83. The summed E-state index contributed by atoms with van der Waals surface area (Å²) >= 11 is 0. The van der Waals surface area contributed by atoms with E-state index in [4.69, 9.17) is 9.15 Å². The molecule has 2 aromatic carbocycles. The van der Waals surface area contributed by atoms with Gasteiger partial charge in [0.1, 0.15) is 12.0 Å². The molecule has 29 heavy (non-hydrogen) atoms. The normalized spacial score (nSPS) is 12.5. The molecule has 2 heterocycles. The molecule has 6 nitrogen and oxygen atoms in total. The van der Waals surface area contributed by atoms with Crippen LogP contribution in [0, 0.1) is 0 Å². The van der Waals surface area contributed by atoms with E-state index in [-0.39, 0.29) is 11.8 Å².